The molecule has 1 rings (SSSR count). The second-order valence-electron chi connectivity index (χ2n) is 9.11. The number of aliphatic carboxylic acids is 1. The standard InChI is InChI=1S/C24H38N4O6/c1-6-14(4)20(23(32)27-19(24(33)34)11-13(2)3)28-21(30)15(5)26-22(31)18(25)12-16-7-9-17(29)10-8-16/h7-10,13-15,18-20,29H,6,11-12,25H2,1-5H3,(H,26,31)(H,27,32)(H,28,30)(H,33,34). The van der Waals surface area contributed by atoms with E-state index in [1.165, 1.54) is 19.1 Å². The number of amides is 3. The third-order valence-electron chi connectivity index (χ3n) is 5.60. The monoisotopic (exact) mass is 478 g/mol. The predicted octanol–water partition coefficient (Wildman–Crippen LogP) is 0.913. The summed E-state index contributed by atoms with van der Waals surface area (Å²) in [5, 5.41) is 26.5. The molecule has 1 aromatic carbocycles. The Morgan fingerprint density at radius 3 is 2.00 bits per heavy atom. The van der Waals surface area contributed by atoms with Crippen LogP contribution >= 0.6 is 0 Å². The summed E-state index contributed by atoms with van der Waals surface area (Å²) in [6.45, 7) is 8.82. The van der Waals surface area contributed by atoms with Gasteiger partial charge in [-0.15, -0.1) is 0 Å². The van der Waals surface area contributed by atoms with Gasteiger partial charge in [0.2, 0.25) is 17.7 Å². The number of nitrogens with one attached hydrogen (secondary N) is 3. The molecule has 0 saturated carbocycles. The minimum Gasteiger partial charge on any atom is -0.508 e. The molecule has 0 aromatic heterocycles. The quantitative estimate of drug-likeness (QED) is 0.245. The van der Waals surface area contributed by atoms with Crippen molar-refractivity contribution in [2.45, 2.75) is 78.0 Å². The molecule has 34 heavy (non-hydrogen) atoms. The molecule has 0 aliphatic carbocycles. The number of phenolic OH excluding ortho intramolecular Hbond substituents is 1. The Morgan fingerprint density at radius 2 is 1.50 bits per heavy atom. The van der Waals surface area contributed by atoms with Crippen LogP contribution in [0.5, 0.6) is 5.75 Å². The van der Waals surface area contributed by atoms with Crippen molar-refractivity contribution in [3.8, 4) is 5.75 Å². The van der Waals surface area contributed by atoms with Crippen molar-refractivity contribution in [3.05, 3.63) is 29.8 Å². The van der Waals surface area contributed by atoms with Crippen molar-refractivity contribution < 1.29 is 29.4 Å². The first-order chi connectivity index (χ1) is 15.8. The van der Waals surface area contributed by atoms with Crippen molar-refractivity contribution in [2.75, 3.05) is 0 Å². The number of aromatic hydroxyl groups is 1. The van der Waals surface area contributed by atoms with E-state index < -0.39 is 47.9 Å². The summed E-state index contributed by atoms with van der Waals surface area (Å²) in [7, 11) is 0. The number of carboxylic acid groups (broad SMARTS) is 1. The lowest BCUT2D eigenvalue weighted by molar-refractivity contribution is -0.143. The first-order valence-corrected chi connectivity index (χ1v) is 11.5. The molecule has 0 aliphatic heterocycles. The summed E-state index contributed by atoms with van der Waals surface area (Å²) in [6.07, 6.45) is 1.04. The van der Waals surface area contributed by atoms with Gasteiger partial charge in [-0.3, -0.25) is 14.4 Å². The fourth-order valence-electron chi connectivity index (χ4n) is 3.30. The largest absolute Gasteiger partial charge is 0.508 e. The number of nitrogens with two attached hydrogens (primary N) is 1. The molecular weight excluding hydrogens is 440 g/mol. The minimum atomic E-state index is -1.14. The van der Waals surface area contributed by atoms with Crippen LogP contribution in [0.2, 0.25) is 0 Å². The number of carboxylic acids is 1. The lowest BCUT2D eigenvalue weighted by Gasteiger charge is -2.27. The molecule has 0 fully saturated rings. The highest BCUT2D eigenvalue weighted by Crippen LogP contribution is 2.12. The van der Waals surface area contributed by atoms with Crippen LogP contribution in [0.15, 0.2) is 24.3 Å². The van der Waals surface area contributed by atoms with E-state index in [2.05, 4.69) is 16.0 Å². The summed E-state index contributed by atoms with van der Waals surface area (Å²) in [5.41, 5.74) is 6.70. The van der Waals surface area contributed by atoms with E-state index in [9.17, 15) is 29.4 Å². The molecule has 10 heteroatoms. The Balaban J connectivity index is 2.77. The van der Waals surface area contributed by atoms with Gasteiger partial charge < -0.3 is 31.9 Å². The zero-order valence-electron chi connectivity index (χ0n) is 20.5. The molecule has 3 amide bonds. The number of rotatable bonds is 13. The molecule has 1 aromatic rings. The smallest absolute Gasteiger partial charge is 0.326 e. The van der Waals surface area contributed by atoms with Crippen LogP contribution in [0.1, 0.15) is 53.0 Å². The maximum absolute atomic E-state index is 12.8. The third kappa shape index (κ3) is 9.38. The van der Waals surface area contributed by atoms with E-state index in [0.29, 0.717) is 6.42 Å². The number of carbonyl (C=O) groups excluding carboxylic acids is 3. The molecular formula is C24H38N4O6. The van der Waals surface area contributed by atoms with E-state index in [-0.39, 0.29) is 30.4 Å². The molecule has 0 aliphatic rings. The maximum Gasteiger partial charge on any atom is 0.326 e. The zero-order chi connectivity index (χ0) is 26.0. The van der Waals surface area contributed by atoms with Gasteiger partial charge in [0, 0.05) is 0 Å². The molecule has 0 radical (unpaired) electrons. The molecule has 190 valence electrons. The van der Waals surface area contributed by atoms with Gasteiger partial charge in [-0.1, -0.05) is 46.2 Å². The van der Waals surface area contributed by atoms with Crippen molar-refractivity contribution in [1.29, 1.82) is 0 Å². The predicted molar refractivity (Wildman–Crippen MR) is 128 cm³/mol. The van der Waals surface area contributed by atoms with E-state index in [4.69, 9.17) is 5.73 Å². The molecule has 0 saturated heterocycles. The molecule has 10 nitrogen and oxygen atoms in total. The Bertz CT molecular complexity index is 842. The molecule has 5 unspecified atom stereocenters. The molecule has 0 heterocycles. The summed E-state index contributed by atoms with van der Waals surface area (Å²) in [5.74, 6) is -2.95. The lowest BCUT2D eigenvalue weighted by Crippen LogP contribution is -2.58. The molecule has 0 bridgehead atoms. The van der Waals surface area contributed by atoms with Gasteiger partial charge in [0.15, 0.2) is 0 Å². The highest BCUT2D eigenvalue weighted by atomic mass is 16.4. The van der Waals surface area contributed by atoms with Gasteiger partial charge in [-0.05, 0) is 49.3 Å². The molecule has 7 N–H and O–H groups in total. The second-order valence-corrected chi connectivity index (χ2v) is 9.11. The van der Waals surface area contributed by atoms with Gasteiger partial charge in [0.25, 0.3) is 0 Å². The van der Waals surface area contributed by atoms with Gasteiger partial charge >= 0.3 is 5.97 Å². The summed E-state index contributed by atoms with van der Waals surface area (Å²) < 4.78 is 0. The highest BCUT2D eigenvalue weighted by Gasteiger charge is 2.31. The summed E-state index contributed by atoms with van der Waals surface area (Å²) in [4.78, 5) is 49.6. The number of carbonyl (C=O) groups is 4. The molecule has 0 spiro atoms. The van der Waals surface area contributed by atoms with Gasteiger partial charge in [0.05, 0.1) is 6.04 Å². The van der Waals surface area contributed by atoms with E-state index in [1.807, 2.05) is 20.8 Å². The summed E-state index contributed by atoms with van der Waals surface area (Å²) >= 11 is 0. The number of hydrogen-bond acceptors (Lipinski definition) is 6. The lowest BCUT2D eigenvalue weighted by atomic mass is 9.96. The SMILES string of the molecule is CCC(C)C(NC(=O)C(C)NC(=O)C(N)Cc1ccc(O)cc1)C(=O)NC(CC(C)C)C(=O)O. The van der Waals surface area contributed by atoms with Gasteiger partial charge in [0.1, 0.15) is 23.9 Å². The minimum absolute atomic E-state index is 0.0547. The van der Waals surface area contributed by atoms with Crippen LogP contribution in [-0.4, -0.2) is 58.1 Å². The van der Waals surface area contributed by atoms with Gasteiger partial charge in [-0.25, -0.2) is 4.79 Å². The van der Waals surface area contributed by atoms with Crippen LogP contribution in [0.4, 0.5) is 0 Å². The fraction of sp³-hybridized carbons (Fsp3) is 0.583. The number of hydrogen-bond donors (Lipinski definition) is 6. The van der Waals surface area contributed by atoms with Crippen LogP contribution < -0.4 is 21.7 Å². The fourth-order valence-corrected chi connectivity index (χ4v) is 3.30. The van der Waals surface area contributed by atoms with Crippen LogP contribution in [-0.2, 0) is 25.6 Å². The summed E-state index contributed by atoms with van der Waals surface area (Å²) in [6, 6.07) is 2.38. The van der Waals surface area contributed by atoms with Crippen molar-refractivity contribution >= 4 is 23.7 Å². The van der Waals surface area contributed by atoms with Crippen molar-refractivity contribution in [3.63, 3.8) is 0 Å². The second kappa shape index (κ2) is 13.5. The highest BCUT2D eigenvalue weighted by molar-refractivity contribution is 5.94. The first kappa shape index (κ1) is 28.9. The van der Waals surface area contributed by atoms with Crippen molar-refractivity contribution in [2.24, 2.45) is 17.6 Å². The third-order valence-corrected chi connectivity index (χ3v) is 5.60. The van der Waals surface area contributed by atoms with Gasteiger partial charge in [-0.2, -0.15) is 0 Å². The van der Waals surface area contributed by atoms with E-state index >= 15 is 0 Å². The van der Waals surface area contributed by atoms with Crippen LogP contribution in [0, 0.1) is 11.8 Å². The average molecular weight is 479 g/mol. The van der Waals surface area contributed by atoms with Crippen molar-refractivity contribution in [1.82, 2.24) is 16.0 Å². The van der Waals surface area contributed by atoms with E-state index in [0.717, 1.165) is 5.56 Å². The topological polar surface area (TPSA) is 171 Å². The first-order valence-electron chi connectivity index (χ1n) is 11.5. The van der Waals surface area contributed by atoms with E-state index in [1.54, 1.807) is 19.1 Å². The Morgan fingerprint density at radius 1 is 0.912 bits per heavy atom. The Hall–Kier alpha value is -3.14. The number of phenols is 1. The molecule has 5 atom stereocenters. The maximum atomic E-state index is 12.8. The van der Waals surface area contributed by atoms with Crippen LogP contribution in [0.3, 0.4) is 0 Å². The zero-order valence-corrected chi connectivity index (χ0v) is 20.5. The van der Waals surface area contributed by atoms with Crippen LogP contribution in [0.25, 0.3) is 0 Å². The Labute approximate surface area is 200 Å². The normalized spacial score (nSPS) is 15.5. The Kier molecular flexibility index (Phi) is 11.5. The number of benzene rings is 1. The average Bonchev–Trinajstić information content (AvgIpc) is 2.77.